The van der Waals surface area contributed by atoms with Crippen molar-refractivity contribution >= 4 is 11.0 Å². The number of phenolic OH excluding ortho intramolecular Hbond substituents is 1. The third-order valence-electron chi connectivity index (χ3n) is 7.40. The van der Waals surface area contributed by atoms with Crippen LogP contribution in [-0.4, -0.2) is 45.8 Å². The van der Waals surface area contributed by atoms with Gasteiger partial charge in [0.15, 0.2) is 16.8 Å². The Morgan fingerprint density at radius 2 is 1.63 bits per heavy atom. The Balaban J connectivity index is 2.23. The Morgan fingerprint density at radius 3 is 2.21 bits per heavy atom. The van der Waals surface area contributed by atoms with Gasteiger partial charge in [0, 0.05) is 38.2 Å². The van der Waals surface area contributed by atoms with Crippen molar-refractivity contribution < 1.29 is 28.5 Å². The van der Waals surface area contributed by atoms with Gasteiger partial charge in [0.25, 0.3) is 0 Å². The van der Waals surface area contributed by atoms with Gasteiger partial charge in [-0.3, -0.25) is 4.79 Å². The van der Waals surface area contributed by atoms with Crippen molar-refractivity contribution in [3.63, 3.8) is 0 Å². The third kappa shape index (κ3) is 7.41. The zero-order valence-electron chi connectivity index (χ0n) is 24.5. The van der Waals surface area contributed by atoms with E-state index >= 15 is 0 Å². The van der Waals surface area contributed by atoms with Gasteiger partial charge in [-0.15, -0.1) is 0 Å². The largest absolute Gasteiger partial charge is 0.502 e. The van der Waals surface area contributed by atoms with Gasteiger partial charge in [0.2, 0.25) is 5.75 Å². The molecule has 7 heteroatoms. The SMILES string of the molecule is CCCC(C)C=CC=C[C@H](OC)[C@@H](C)[C@@H](OC)[C@@H](C)CCc1oc2c(O)c(OC)cc(OC)c2c(=O)c1C. The van der Waals surface area contributed by atoms with Gasteiger partial charge in [-0.1, -0.05) is 58.4 Å². The van der Waals surface area contributed by atoms with Crippen LogP contribution in [0.25, 0.3) is 11.0 Å². The minimum atomic E-state index is -0.230. The summed E-state index contributed by atoms with van der Waals surface area (Å²) >= 11 is 0. The maximum Gasteiger partial charge on any atom is 0.202 e. The van der Waals surface area contributed by atoms with E-state index in [-0.39, 0.29) is 51.9 Å². The molecule has 2 rings (SSSR count). The smallest absolute Gasteiger partial charge is 0.202 e. The number of aryl methyl sites for hydroxylation is 1. The number of ether oxygens (including phenoxy) is 4. The summed E-state index contributed by atoms with van der Waals surface area (Å²) < 4.78 is 28.4. The monoisotopic (exact) mass is 530 g/mol. The molecule has 1 heterocycles. The van der Waals surface area contributed by atoms with E-state index < -0.39 is 0 Å². The molecule has 38 heavy (non-hydrogen) atoms. The molecule has 0 amide bonds. The summed E-state index contributed by atoms with van der Waals surface area (Å²) in [6.45, 7) is 10.4. The van der Waals surface area contributed by atoms with Crippen LogP contribution < -0.4 is 14.9 Å². The summed E-state index contributed by atoms with van der Waals surface area (Å²) in [5, 5.41) is 10.9. The molecule has 0 aliphatic heterocycles. The first-order valence-corrected chi connectivity index (χ1v) is 13.5. The van der Waals surface area contributed by atoms with Crippen LogP contribution in [-0.2, 0) is 15.9 Å². The molecule has 0 fully saturated rings. The Labute approximate surface area is 227 Å². The zero-order valence-corrected chi connectivity index (χ0v) is 24.5. The number of fused-ring (bicyclic) bond motifs is 1. The molecule has 1 aromatic heterocycles. The lowest BCUT2D eigenvalue weighted by Crippen LogP contribution is -2.36. The number of benzene rings is 1. The van der Waals surface area contributed by atoms with E-state index in [2.05, 4.69) is 52.0 Å². The second-order valence-corrected chi connectivity index (χ2v) is 10.1. The van der Waals surface area contributed by atoms with Crippen LogP contribution in [0.3, 0.4) is 0 Å². The van der Waals surface area contributed by atoms with E-state index in [1.165, 1.54) is 33.1 Å². The summed E-state index contributed by atoms with van der Waals surface area (Å²) in [6, 6.07) is 1.49. The van der Waals surface area contributed by atoms with Crippen molar-refractivity contribution in [2.45, 2.75) is 72.5 Å². The molecular formula is C31H46O7. The van der Waals surface area contributed by atoms with Crippen LogP contribution in [0.2, 0.25) is 0 Å². The number of hydrogen-bond acceptors (Lipinski definition) is 7. The molecule has 7 nitrogen and oxygen atoms in total. The van der Waals surface area contributed by atoms with Crippen molar-refractivity contribution in [3.05, 3.63) is 51.9 Å². The lowest BCUT2D eigenvalue weighted by Gasteiger charge is -2.32. The predicted octanol–water partition coefficient (Wildman–Crippen LogP) is 6.61. The van der Waals surface area contributed by atoms with Crippen molar-refractivity contribution in [1.29, 1.82) is 0 Å². The van der Waals surface area contributed by atoms with Crippen molar-refractivity contribution in [1.82, 2.24) is 0 Å². The minimum absolute atomic E-state index is 0.0713. The van der Waals surface area contributed by atoms with E-state index in [1.807, 2.05) is 0 Å². The van der Waals surface area contributed by atoms with E-state index in [9.17, 15) is 9.90 Å². The molecule has 0 aliphatic carbocycles. The van der Waals surface area contributed by atoms with Crippen LogP contribution >= 0.6 is 0 Å². The molecule has 0 saturated heterocycles. The average molecular weight is 531 g/mol. The molecule has 2 aromatic rings. The Kier molecular flexibility index (Phi) is 12.4. The van der Waals surface area contributed by atoms with Crippen LogP contribution in [0.5, 0.6) is 17.2 Å². The molecule has 5 atom stereocenters. The fourth-order valence-corrected chi connectivity index (χ4v) is 5.11. The van der Waals surface area contributed by atoms with Crippen LogP contribution in [0, 0.1) is 24.7 Å². The normalized spacial score (nSPS) is 16.1. The summed E-state index contributed by atoms with van der Waals surface area (Å²) in [6.07, 6.45) is 11.8. The fourth-order valence-electron chi connectivity index (χ4n) is 5.11. The second kappa shape index (κ2) is 15.0. The lowest BCUT2D eigenvalue weighted by molar-refractivity contribution is -0.0343. The zero-order chi connectivity index (χ0) is 28.4. The molecule has 1 unspecified atom stereocenters. The summed E-state index contributed by atoms with van der Waals surface area (Å²) in [7, 11) is 6.34. The molecule has 212 valence electrons. The Hall–Kier alpha value is -2.77. The highest BCUT2D eigenvalue weighted by atomic mass is 16.5. The molecule has 0 bridgehead atoms. The summed E-state index contributed by atoms with van der Waals surface area (Å²) in [4.78, 5) is 13.2. The van der Waals surface area contributed by atoms with Gasteiger partial charge in [-0.2, -0.15) is 0 Å². The molecule has 0 radical (unpaired) electrons. The molecular weight excluding hydrogens is 484 g/mol. The number of allylic oxidation sites excluding steroid dienone is 3. The van der Waals surface area contributed by atoms with Gasteiger partial charge >= 0.3 is 0 Å². The van der Waals surface area contributed by atoms with Gasteiger partial charge in [-0.25, -0.2) is 0 Å². The Morgan fingerprint density at radius 1 is 0.974 bits per heavy atom. The molecule has 0 aliphatic rings. The van der Waals surface area contributed by atoms with Crippen LogP contribution in [0.1, 0.15) is 58.3 Å². The van der Waals surface area contributed by atoms with Crippen molar-refractivity contribution in [3.8, 4) is 17.2 Å². The second-order valence-electron chi connectivity index (χ2n) is 10.1. The number of rotatable bonds is 15. The number of hydrogen-bond donors (Lipinski definition) is 1. The molecule has 0 saturated carbocycles. The van der Waals surface area contributed by atoms with Gasteiger partial charge in [-0.05, 0) is 31.6 Å². The van der Waals surface area contributed by atoms with Crippen LogP contribution in [0.4, 0.5) is 0 Å². The van der Waals surface area contributed by atoms with E-state index in [1.54, 1.807) is 21.1 Å². The fraction of sp³-hybridized carbons (Fsp3) is 0.581. The van der Waals surface area contributed by atoms with E-state index in [0.29, 0.717) is 35.8 Å². The highest BCUT2D eigenvalue weighted by Crippen LogP contribution is 2.40. The number of aromatic hydroxyl groups is 1. The van der Waals surface area contributed by atoms with Gasteiger partial charge in [0.1, 0.15) is 16.9 Å². The highest BCUT2D eigenvalue weighted by molar-refractivity contribution is 5.91. The van der Waals surface area contributed by atoms with Crippen LogP contribution in [0.15, 0.2) is 39.6 Å². The van der Waals surface area contributed by atoms with Crippen molar-refractivity contribution in [2.24, 2.45) is 17.8 Å². The maximum absolute atomic E-state index is 13.2. The Bertz CT molecular complexity index is 1150. The highest BCUT2D eigenvalue weighted by Gasteiger charge is 2.29. The number of phenols is 1. The quantitative estimate of drug-likeness (QED) is 0.259. The molecule has 1 aromatic carbocycles. The first-order valence-electron chi connectivity index (χ1n) is 13.5. The first-order chi connectivity index (χ1) is 18.1. The lowest BCUT2D eigenvalue weighted by atomic mass is 9.85. The van der Waals surface area contributed by atoms with Gasteiger partial charge in [0.05, 0.1) is 26.4 Å². The molecule has 1 N–H and O–H groups in total. The third-order valence-corrected chi connectivity index (χ3v) is 7.40. The predicted molar refractivity (Wildman–Crippen MR) is 153 cm³/mol. The first kappa shape index (κ1) is 31.4. The topological polar surface area (TPSA) is 87.4 Å². The number of methoxy groups -OCH3 is 4. The maximum atomic E-state index is 13.2. The molecule has 0 spiro atoms. The van der Waals surface area contributed by atoms with E-state index in [4.69, 9.17) is 23.4 Å². The van der Waals surface area contributed by atoms with E-state index in [0.717, 1.165) is 0 Å². The standard InChI is InChI=1S/C31H46O7/c1-10-13-19(2)14-11-12-15-23(34-6)22(5)30(37-9)20(3)16-17-24-21(4)28(32)27-25(35-7)18-26(36-8)29(33)31(27)38-24/h11-12,14-15,18-20,22-23,30,33H,10,13,16-17H2,1-9H3/t19?,20-,22+,23-,30-/m0/s1. The summed E-state index contributed by atoms with van der Waals surface area (Å²) in [5.74, 6) is 1.59. The van der Waals surface area contributed by atoms with Gasteiger partial charge < -0.3 is 28.5 Å². The summed E-state index contributed by atoms with van der Waals surface area (Å²) in [5.41, 5.74) is 0.338. The van der Waals surface area contributed by atoms with Crippen molar-refractivity contribution in [2.75, 3.05) is 28.4 Å². The minimum Gasteiger partial charge on any atom is -0.502 e. The average Bonchev–Trinajstić information content (AvgIpc) is 2.90.